The molecular weight excluding hydrogens is 390 g/mol. The summed E-state index contributed by atoms with van der Waals surface area (Å²) in [7, 11) is 0. The van der Waals surface area contributed by atoms with Crippen molar-refractivity contribution in [2.75, 3.05) is 11.9 Å². The van der Waals surface area contributed by atoms with Crippen LogP contribution < -0.4 is 10.1 Å². The van der Waals surface area contributed by atoms with Crippen molar-refractivity contribution in [1.82, 2.24) is 0 Å². The molecule has 1 N–H and O–H groups in total. The number of rotatable bonds is 6. The van der Waals surface area contributed by atoms with E-state index in [1.54, 1.807) is 54.6 Å². The second kappa shape index (κ2) is 8.37. The van der Waals surface area contributed by atoms with Crippen LogP contribution in [0.4, 0.5) is 5.69 Å². The monoisotopic (exact) mass is 407 g/mol. The lowest BCUT2D eigenvalue weighted by atomic mass is 10.0. The van der Waals surface area contributed by atoms with Crippen LogP contribution in [0.5, 0.6) is 11.5 Å². The number of ketones is 1. The maximum Gasteiger partial charge on any atom is 0.328 e. The molecule has 3 aromatic rings. The highest BCUT2D eigenvalue weighted by Crippen LogP contribution is 2.33. The van der Waals surface area contributed by atoms with Crippen LogP contribution in [0.25, 0.3) is 0 Å². The molecule has 0 radical (unpaired) electrons. The van der Waals surface area contributed by atoms with E-state index in [4.69, 9.17) is 21.1 Å². The summed E-state index contributed by atoms with van der Waals surface area (Å²) >= 11 is 6.11. The Morgan fingerprint density at radius 2 is 1.72 bits per heavy atom. The number of carbonyl (C=O) groups is 2. The molecule has 0 unspecified atom stereocenters. The van der Waals surface area contributed by atoms with E-state index in [0.717, 1.165) is 0 Å². The van der Waals surface area contributed by atoms with E-state index in [1.165, 1.54) is 0 Å². The zero-order valence-electron chi connectivity index (χ0n) is 15.4. The Balaban J connectivity index is 1.52. The Labute approximate surface area is 173 Å². The molecule has 1 heterocycles. The molecule has 0 aromatic heterocycles. The number of benzene rings is 3. The van der Waals surface area contributed by atoms with Crippen LogP contribution in [0.15, 0.2) is 72.8 Å². The lowest BCUT2D eigenvalue weighted by molar-refractivity contribution is -0.138. The lowest BCUT2D eigenvalue weighted by Gasteiger charge is -2.16. The average Bonchev–Trinajstić information content (AvgIpc) is 3.15. The molecule has 3 aromatic carbocycles. The molecule has 0 aliphatic carbocycles. The maximum absolute atomic E-state index is 12.5. The Hall–Kier alpha value is -3.31. The summed E-state index contributed by atoms with van der Waals surface area (Å²) in [5, 5.41) is 3.66. The molecular formula is C23H18ClNO4. The number of cyclic esters (lactones) is 1. The molecule has 1 aliphatic rings. The summed E-state index contributed by atoms with van der Waals surface area (Å²) in [5.41, 5.74) is 1.81. The largest absolute Gasteiger partial charge is 0.464 e. The number of halogens is 1. The van der Waals surface area contributed by atoms with E-state index in [2.05, 4.69) is 5.32 Å². The van der Waals surface area contributed by atoms with E-state index >= 15 is 0 Å². The minimum atomic E-state index is -0.429. The van der Waals surface area contributed by atoms with Crippen molar-refractivity contribution in [2.45, 2.75) is 12.5 Å². The van der Waals surface area contributed by atoms with Gasteiger partial charge in [0.1, 0.15) is 11.8 Å². The number of esters is 1. The van der Waals surface area contributed by atoms with Gasteiger partial charge in [-0.25, -0.2) is 4.79 Å². The van der Waals surface area contributed by atoms with Crippen LogP contribution in [-0.4, -0.2) is 24.4 Å². The summed E-state index contributed by atoms with van der Waals surface area (Å²) in [6, 6.07) is 20.7. The number of hydrogen-bond acceptors (Lipinski definition) is 5. The van der Waals surface area contributed by atoms with Crippen molar-refractivity contribution >= 4 is 29.0 Å². The first-order valence-electron chi connectivity index (χ1n) is 9.20. The van der Waals surface area contributed by atoms with Crippen molar-refractivity contribution in [2.24, 2.45) is 0 Å². The molecule has 0 spiro atoms. The number of hydrogen-bond donors (Lipinski definition) is 1. The highest BCUT2D eigenvalue weighted by atomic mass is 35.5. The highest BCUT2D eigenvalue weighted by molar-refractivity contribution is 6.31. The molecule has 29 heavy (non-hydrogen) atoms. The van der Waals surface area contributed by atoms with Gasteiger partial charge in [0.25, 0.3) is 0 Å². The van der Waals surface area contributed by atoms with Gasteiger partial charge in [-0.2, -0.15) is 0 Å². The van der Waals surface area contributed by atoms with E-state index in [0.29, 0.717) is 46.4 Å². The molecule has 0 bridgehead atoms. The number of carbonyl (C=O) groups excluding carboxylic acids is 2. The van der Waals surface area contributed by atoms with Crippen molar-refractivity contribution in [1.29, 1.82) is 0 Å². The molecule has 0 amide bonds. The van der Waals surface area contributed by atoms with E-state index in [-0.39, 0.29) is 11.8 Å². The van der Waals surface area contributed by atoms with Gasteiger partial charge in [-0.05, 0) is 42.5 Å². The molecule has 5 nitrogen and oxygen atoms in total. The van der Waals surface area contributed by atoms with Gasteiger partial charge in [-0.15, -0.1) is 0 Å². The van der Waals surface area contributed by atoms with Crippen LogP contribution in [0.1, 0.15) is 22.3 Å². The zero-order chi connectivity index (χ0) is 20.2. The van der Waals surface area contributed by atoms with Crippen LogP contribution >= 0.6 is 11.6 Å². The summed E-state index contributed by atoms with van der Waals surface area (Å²) < 4.78 is 11.0. The third kappa shape index (κ3) is 4.41. The highest BCUT2D eigenvalue weighted by Gasteiger charge is 2.27. The van der Waals surface area contributed by atoms with Crippen molar-refractivity contribution in [3.05, 3.63) is 88.9 Å². The van der Waals surface area contributed by atoms with E-state index < -0.39 is 6.04 Å². The fraction of sp³-hybridized carbons (Fsp3) is 0.130. The first-order chi connectivity index (χ1) is 14.1. The van der Waals surface area contributed by atoms with Crippen molar-refractivity contribution in [3.63, 3.8) is 0 Å². The quantitative estimate of drug-likeness (QED) is 0.455. The van der Waals surface area contributed by atoms with Gasteiger partial charge in [0.2, 0.25) is 0 Å². The van der Waals surface area contributed by atoms with Crippen LogP contribution in [0.2, 0.25) is 5.02 Å². The second-order valence-electron chi connectivity index (χ2n) is 6.62. The Morgan fingerprint density at radius 3 is 2.41 bits per heavy atom. The van der Waals surface area contributed by atoms with Gasteiger partial charge >= 0.3 is 5.97 Å². The topological polar surface area (TPSA) is 64.6 Å². The SMILES string of the molecule is O=C(c1ccccc1)c1ccc(Oc2ccc(Cl)cc2N[C@H]2CCOC2=O)cc1. The van der Waals surface area contributed by atoms with Crippen LogP contribution in [0, 0.1) is 0 Å². The Morgan fingerprint density at radius 1 is 1.00 bits per heavy atom. The Bertz CT molecular complexity index is 1030. The Kier molecular flexibility index (Phi) is 5.49. The van der Waals surface area contributed by atoms with Gasteiger partial charge in [0.15, 0.2) is 11.5 Å². The van der Waals surface area contributed by atoms with Crippen molar-refractivity contribution in [3.8, 4) is 11.5 Å². The minimum absolute atomic E-state index is 0.0502. The summed E-state index contributed by atoms with van der Waals surface area (Å²) in [6.07, 6.45) is 0.584. The fourth-order valence-electron chi connectivity index (χ4n) is 3.08. The fourth-order valence-corrected chi connectivity index (χ4v) is 3.25. The van der Waals surface area contributed by atoms with Gasteiger partial charge in [-0.1, -0.05) is 41.9 Å². The van der Waals surface area contributed by atoms with Gasteiger partial charge in [-0.3, -0.25) is 4.79 Å². The van der Waals surface area contributed by atoms with Crippen LogP contribution in [0.3, 0.4) is 0 Å². The molecule has 146 valence electrons. The van der Waals surface area contributed by atoms with E-state index in [9.17, 15) is 9.59 Å². The first-order valence-corrected chi connectivity index (χ1v) is 9.58. The van der Waals surface area contributed by atoms with Crippen molar-refractivity contribution < 1.29 is 19.1 Å². The lowest BCUT2D eigenvalue weighted by Crippen LogP contribution is -2.24. The molecule has 0 saturated carbocycles. The van der Waals surface area contributed by atoms with Gasteiger partial charge in [0, 0.05) is 22.6 Å². The predicted molar refractivity (Wildman–Crippen MR) is 111 cm³/mol. The number of ether oxygens (including phenoxy) is 2. The smallest absolute Gasteiger partial charge is 0.328 e. The first kappa shape index (κ1) is 19.0. The molecule has 1 atom stereocenters. The number of nitrogens with one attached hydrogen (secondary N) is 1. The normalized spacial score (nSPS) is 15.6. The molecule has 6 heteroatoms. The van der Waals surface area contributed by atoms with Crippen LogP contribution in [-0.2, 0) is 9.53 Å². The molecule has 1 aliphatic heterocycles. The average molecular weight is 408 g/mol. The second-order valence-corrected chi connectivity index (χ2v) is 7.05. The standard InChI is InChI=1S/C23H18ClNO4/c24-17-8-11-21(20(14-17)25-19-12-13-28-23(19)27)29-18-9-6-16(7-10-18)22(26)15-4-2-1-3-5-15/h1-11,14,19,25H,12-13H2/t19-/m0/s1. The summed E-state index contributed by atoms with van der Waals surface area (Å²) in [6.45, 7) is 0.393. The third-order valence-electron chi connectivity index (χ3n) is 4.59. The molecule has 1 fully saturated rings. The maximum atomic E-state index is 12.5. The van der Waals surface area contributed by atoms with Gasteiger partial charge in [0.05, 0.1) is 12.3 Å². The minimum Gasteiger partial charge on any atom is -0.464 e. The predicted octanol–water partition coefficient (Wildman–Crippen LogP) is 5.09. The van der Waals surface area contributed by atoms with E-state index in [1.807, 2.05) is 18.2 Å². The molecule has 1 saturated heterocycles. The zero-order valence-corrected chi connectivity index (χ0v) is 16.2. The summed E-state index contributed by atoms with van der Waals surface area (Å²) in [4.78, 5) is 24.3. The van der Waals surface area contributed by atoms with Gasteiger partial charge < -0.3 is 14.8 Å². The number of anilines is 1. The summed E-state index contributed by atoms with van der Waals surface area (Å²) in [5.74, 6) is 0.746. The molecule has 4 rings (SSSR count). The third-order valence-corrected chi connectivity index (χ3v) is 4.82.